The molecule has 26 heavy (non-hydrogen) atoms. The van der Waals surface area contributed by atoms with E-state index in [1.165, 1.54) is 26.4 Å². The van der Waals surface area contributed by atoms with Gasteiger partial charge in [-0.3, -0.25) is 0 Å². The second-order valence-corrected chi connectivity index (χ2v) is 10.3. The second-order valence-electron chi connectivity index (χ2n) is 7.24. The summed E-state index contributed by atoms with van der Waals surface area (Å²) in [5.41, 5.74) is -0.476. The number of rotatable bonds is 5. The number of halogens is 1. The number of hydrogen-bond donors (Lipinski definition) is 0. The van der Waals surface area contributed by atoms with E-state index in [0.717, 1.165) is 12.8 Å². The normalized spacial score (nSPS) is 15.6. The summed E-state index contributed by atoms with van der Waals surface area (Å²) < 4.78 is 13.7. The summed E-state index contributed by atoms with van der Waals surface area (Å²) in [6, 6.07) is 18.3. The predicted octanol–water partition coefficient (Wildman–Crippen LogP) is 2.69. The van der Waals surface area contributed by atoms with Gasteiger partial charge in [-0.1, -0.05) is 0 Å². The van der Waals surface area contributed by atoms with Crippen LogP contribution in [0.15, 0.2) is 54.6 Å². The summed E-state index contributed by atoms with van der Waals surface area (Å²) in [5, 5.41) is 0. The van der Waals surface area contributed by atoms with Gasteiger partial charge in [-0.25, -0.2) is 0 Å². The SMILES string of the molecule is CC(C)(OC(=O)Oc1ccc([I-]c2ccccc2)cc1)C1CCCCC1. The monoisotopic (exact) mass is 465 g/mol. The van der Waals surface area contributed by atoms with Crippen molar-refractivity contribution in [2.45, 2.75) is 51.6 Å². The fourth-order valence-electron chi connectivity index (χ4n) is 3.38. The summed E-state index contributed by atoms with van der Waals surface area (Å²) in [4.78, 5) is 12.2. The molecule has 0 aromatic heterocycles. The Kier molecular flexibility index (Phi) is 6.57. The van der Waals surface area contributed by atoms with Crippen LogP contribution >= 0.6 is 0 Å². The molecule has 1 fully saturated rings. The maximum atomic E-state index is 12.2. The number of ether oxygens (including phenoxy) is 2. The van der Waals surface area contributed by atoms with Crippen LogP contribution in [-0.2, 0) is 4.74 Å². The van der Waals surface area contributed by atoms with Gasteiger partial charge >= 0.3 is 167 Å². The van der Waals surface area contributed by atoms with Crippen LogP contribution in [0.3, 0.4) is 0 Å². The molecule has 2 aromatic rings. The minimum absolute atomic E-state index is 0.209. The zero-order valence-electron chi connectivity index (χ0n) is 15.4. The fourth-order valence-corrected chi connectivity index (χ4v) is 5.60. The molecule has 0 amide bonds. The zero-order valence-corrected chi connectivity index (χ0v) is 17.6. The van der Waals surface area contributed by atoms with Crippen molar-refractivity contribution in [2.75, 3.05) is 0 Å². The van der Waals surface area contributed by atoms with E-state index in [1.807, 2.05) is 44.2 Å². The van der Waals surface area contributed by atoms with Gasteiger partial charge in [-0.2, -0.15) is 0 Å². The van der Waals surface area contributed by atoms with Gasteiger partial charge in [0.25, 0.3) is 0 Å². The molecule has 4 heteroatoms. The Morgan fingerprint density at radius 1 is 0.923 bits per heavy atom. The van der Waals surface area contributed by atoms with Crippen LogP contribution in [0.4, 0.5) is 4.79 Å². The average molecular weight is 465 g/mol. The van der Waals surface area contributed by atoms with Gasteiger partial charge < -0.3 is 0 Å². The third kappa shape index (κ3) is 5.47. The molecular weight excluding hydrogens is 439 g/mol. The van der Waals surface area contributed by atoms with E-state index in [0.29, 0.717) is 11.7 Å². The van der Waals surface area contributed by atoms with Crippen LogP contribution < -0.4 is 25.9 Å². The Hall–Kier alpha value is -1.56. The summed E-state index contributed by atoms with van der Waals surface area (Å²) in [7, 11) is 0. The van der Waals surface area contributed by atoms with Crippen LogP contribution in [-0.4, -0.2) is 11.8 Å². The van der Waals surface area contributed by atoms with Crippen molar-refractivity contribution >= 4 is 6.16 Å². The molecule has 0 atom stereocenters. The molecule has 1 aliphatic carbocycles. The predicted molar refractivity (Wildman–Crippen MR) is 98.0 cm³/mol. The van der Waals surface area contributed by atoms with Crippen LogP contribution in [0.5, 0.6) is 5.75 Å². The number of benzene rings is 2. The second kappa shape index (κ2) is 8.89. The van der Waals surface area contributed by atoms with Crippen molar-refractivity contribution in [1.82, 2.24) is 0 Å². The van der Waals surface area contributed by atoms with Gasteiger partial charge in [0.2, 0.25) is 0 Å². The Bertz CT molecular complexity index is 704. The van der Waals surface area contributed by atoms with Gasteiger partial charge in [0.1, 0.15) is 0 Å². The van der Waals surface area contributed by atoms with E-state index < -0.39 is 11.8 Å². The van der Waals surface area contributed by atoms with Gasteiger partial charge in [0, 0.05) is 0 Å². The van der Waals surface area contributed by atoms with Crippen LogP contribution in [0.25, 0.3) is 0 Å². The Labute approximate surface area is 166 Å². The maximum absolute atomic E-state index is 12.2. The van der Waals surface area contributed by atoms with Gasteiger partial charge in [0.05, 0.1) is 0 Å². The molecule has 1 saturated carbocycles. The van der Waals surface area contributed by atoms with Gasteiger partial charge in [-0.15, -0.1) is 0 Å². The van der Waals surface area contributed by atoms with E-state index in [2.05, 4.69) is 24.3 Å². The zero-order chi connectivity index (χ0) is 18.4. The molecule has 0 saturated heterocycles. The van der Waals surface area contributed by atoms with Crippen LogP contribution in [0.1, 0.15) is 46.0 Å². The Balaban J connectivity index is 1.54. The van der Waals surface area contributed by atoms with Crippen LogP contribution in [0.2, 0.25) is 0 Å². The molecule has 0 unspecified atom stereocenters. The third-order valence-corrected chi connectivity index (χ3v) is 7.58. The van der Waals surface area contributed by atoms with Crippen molar-refractivity contribution in [1.29, 1.82) is 0 Å². The van der Waals surface area contributed by atoms with E-state index in [1.54, 1.807) is 0 Å². The number of carbonyl (C=O) groups excluding carboxylic acids is 1. The molecule has 3 rings (SSSR count). The molecule has 1 aliphatic rings. The summed E-state index contributed by atoms with van der Waals surface area (Å²) >= 11 is -0.209. The first-order valence-electron chi connectivity index (χ1n) is 9.24. The molecule has 0 radical (unpaired) electrons. The van der Waals surface area contributed by atoms with Crippen molar-refractivity contribution in [2.24, 2.45) is 5.92 Å². The summed E-state index contributed by atoms with van der Waals surface area (Å²) in [5.74, 6) is 0.956. The molecule has 0 spiro atoms. The molecule has 0 heterocycles. The molecule has 140 valence electrons. The van der Waals surface area contributed by atoms with Crippen molar-refractivity contribution < 1.29 is 35.5 Å². The van der Waals surface area contributed by atoms with E-state index >= 15 is 0 Å². The topological polar surface area (TPSA) is 35.5 Å². The molecule has 3 nitrogen and oxygen atoms in total. The average Bonchev–Trinajstić information content (AvgIpc) is 2.64. The third-order valence-electron chi connectivity index (χ3n) is 4.90. The van der Waals surface area contributed by atoms with Gasteiger partial charge in [-0.05, 0) is 0 Å². The number of carbonyl (C=O) groups is 1. The molecule has 2 aromatic carbocycles. The Morgan fingerprint density at radius 3 is 2.19 bits per heavy atom. The first-order chi connectivity index (χ1) is 12.5. The standard InChI is InChI=1S/C22H26IO3/c1-22(2,17-9-5-3-6-10-17)26-21(24)25-20-15-13-19(14-16-20)23-18-11-7-4-8-12-18/h4,7-8,11-17H,3,5-6,9-10H2,1-2H3/q-1. The van der Waals surface area contributed by atoms with E-state index in [4.69, 9.17) is 9.47 Å². The quantitative estimate of drug-likeness (QED) is 0.387. The summed E-state index contributed by atoms with van der Waals surface area (Å²) in [6.45, 7) is 4.00. The van der Waals surface area contributed by atoms with Crippen molar-refractivity contribution in [3.05, 3.63) is 61.7 Å². The first-order valence-corrected chi connectivity index (χ1v) is 11.4. The summed E-state index contributed by atoms with van der Waals surface area (Å²) in [6.07, 6.45) is 5.37. The molecule has 0 N–H and O–H groups in total. The molecule has 0 aliphatic heterocycles. The van der Waals surface area contributed by atoms with Crippen LogP contribution in [0, 0.1) is 13.1 Å². The fraction of sp³-hybridized carbons (Fsp3) is 0.409. The van der Waals surface area contributed by atoms with E-state index in [9.17, 15) is 4.79 Å². The van der Waals surface area contributed by atoms with E-state index in [-0.39, 0.29) is 21.2 Å². The van der Waals surface area contributed by atoms with Crippen molar-refractivity contribution in [3.63, 3.8) is 0 Å². The Morgan fingerprint density at radius 2 is 1.54 bits per heavy atom. The molecular formula is C22H26IO3-. The number of hydrogen-bond acceptors (Lipinski definition) is 3. The molecule has 0 bridgehead atoms. The van der Waals surface area contributed by atoms with Gasteiger partial charge in [0.15, 0.2) is 0 Å². The first kappa shape index (κ1) is 19.2. The van der Waals surface area contributed by atoms with Crippen molar-refractivity contribution in [3.8, 4) is 5.75 Å². The minimum atomic E-state index is -0.605.